The van der Waals surface area contributed by atoms with E-state index >= 15 is 0 Å². The van der Waals surface area contributed by atoms with E-state index in [-0.39, 0.29) is 0 Å². The highest BCUT2D eigenvalue weighted by molar-refractivity contribution is 5.74. The highest BCUT2D eigenvalue weighted by Crippen LogP contribution is 2.18. The van der Waals surface area contributed by atoms with Crippen LogP contribution < -0.4 is 11.1 Å². The summed E-state index contributed by atoms with van der Waals surface area (Å²) in [7, 11) is 0. The minimum absolute atomic E-state index is 0.579. The lowest BCUT2D eigenvalue weighted by Gasteiger charge is -2.12. The Morgan fingerprint density at radius 1 is 1.41 bits per heavy atom. The molecule has 0 aliphatic rings. The number of aromatic nitrogens is 1. The quantitative estimate of drug-likeness (QED) is 0.805. The van der Waals surface area contributed by atoms with E-state index in [0.717, 1.165) is 37.0 Å². The fourth-order valence-electron chi connectivity index (χ4n) is 1.87. The second-order valence-electron chi connectivity index (χ2n) is 4.22. The largest absolute Gasteiger partial charge is 0.424 e. The third-order valence-corrected chi connectivity index (χ3v) is 2.99. The molecule has 1 unspecified atom stereocenters. The van der Waals surface area contributed by atoms with Gasteiger partial charge in [0.25, 0.3) is 6.01 Å². The van der Waals surface area contributed by atoms with Crippen molar-refractivity contribution < 1.29 is 4.42 Å². The zero-order valence-electron chi connectivity index (χ0n) is 10.1. The number of benzene rings is 1. The molecular weight excluding hydrogens is 214 g/mol. The monoisotopic (exact) mass is 233 g/mol. The van der Waals surface area contributed by atoms with Crippen molar-refractivity contribution in [1.82, 2.24) is 4.98 Å². The Labute approximate surface area is 101 Å². The molecule has 2 rings (SSSR count). The summed E-state index contributed by atoms with van der Waals surface area (Å²) in [5, 5.41) is 3.24. The lowest BCUT2D eigenvalue weighted by Crippen LogP contribution is -2.17. The number of para-hydroxylation sites is 2. The Kier molecular flexibility index (Phi) is 3.98. The number of rotatable bonds is 6. The van der Waals surface area contributed by atoms with Crippen LogP contribution in [-0.2, 0) is 0 Å². The summed E-state index contributed by atoms with van der Waals surface area (Å²) in [5.41, 5.74) is 7.28. The number of nitrogens with zero attached hydrogens (tertiary/aromatic N) is 1. The molecule has 0 fully saturated rings. The number of oxazole rings is 1. The van der Waals surface area contributed by atoms with Gasteiger partial charge in [0.05, 0.1) is 0 Å². The SMILES string of the molecule is CCC(CCN)CNc1nc2ccccc2o1. The minimum Gasteiger partial charge on any atom is -0.424 e. The van der Waals surface area contributed by atoms with E-state index in [2.05, 4.69) is 17.2 Å². The Morgan fingerprint density at radius 3 is 2.94 bits per heavy atom. The molecule has 3 N–H and O–H groups in total. The van der Waals surface area contributed by atoms with Crippen LogP contribution in [0.5, 0.6) is 0 Å². The summed E-state index contributed by atoms with van der Waals surface area (Å²) in [5.74, 6) is 0.579. The van der Waals surface area contributed by atoms with E-state index in [0.29, 0.717) is 11.9 Å². The molecule has 0 amide bonds. The average molecular weight is 233 g/mol. The Balaban J connectivity index is 1.98. The summed E-state index contributed by atoms with van der Waals surface area (Å²) in [6.45, 7) is 3.77. The van der Waals surface area contributed by atoms with Gasteiger partial charge in [-0.15, -0.1) is 0 Å². The summed E-state index contributed by atoms with van der Waals surface area (Å²) in [6, 6.07) is 8.37. The van der Waals surface area contributed by atoms with Crippen LogP contribution in [0.15, 0.2) is 28.7 Å². The molecule has 0 saturated heterocycles. The number of hydrogen-bond donors (Lipinski definition) is 2. The molecule has 0 radical (unpaired) electrons. The lowest BCUT2D eigenvalue weighted by atomic mass is 10.0. The summed E-state index contributed by atoms with van der Waals surface area (Å²) >= 11 is 0. The first-order chi connectivity index (χ1) is 8.33. The van der Waals surface area contributed by atoms with E-state index in [4.69, 9.17) is 10.2 Å². The van der Waals surface area contributed by atoms with Gasteiger partial charge in [0, 0.05) is 6.54 Å². The second kappa shape index (κ2) is 5.68. The summed E-state index contributed by atoms with van der Waals surface area (Å²) < 4.78 is 5.59. The van der Waals surface area contributed by atoms with E-state index in [1.165, 1.54) is 0 Å². The molecule has 0 spiro atoms. The zero-order chi connectivity index (χ0) is 12.1. The van der Waals surface area contributed by atoms with Gasteiger partial charge < -0.3 is 15.5 Å². The standard InChI is InChI=1S/C13H19N3O/c1-2-10(7-8-14)9-15-13-16-11-5-3-4-6-12(11)17-13/h3-6,10H,2,7-9,14H2,1H3,(H,15,16). The van der Waals surface area contributed by atoms with Crippen LogP contribution in [0.1, 0.15) is 19.8 Å². The number of hydrogen-bond acceptors (Lipinski definition) is 4. The molecule has 2 aromatic rings. The molecule has 0 aliphatic carbocycles. The first kappa shape index (κ1) is 11.9. The van der Waals surface area contributed by atoms with Crippen molar-refractivity contribution in [1.29, 1.82) is 0 Å². The highest BCUT2D eigenvalue weighted by atomic mass is 16.4. The van der Waals surface area contributed by atoms with E-state index in [1.54, 1.807) is 0 Å². The predicted octanol–water partition coefficient (Wildman–Crippen LogP) is 2.61. The van der Waals surface area contributed by atoms with Gasteiger partial charge in [-0.25, -0.2) is 0 Å². The molecule has 1 atom stereocenters. The molecule has 4 nitrogen and oxygen atoms in total. The van der Waals surface area contributed by atoms with Gasteiger partial charge in [-0.05, 0) is 31.0 Å². The van der Waals surface area contributed by atoms with Crippen LogP contribution in [0.2, 0.25) is 0 Å². The van der Waals surface area contributed by atoms with Crippen LogP contribution in [0.3, 0.4) is 0 Å². The topological polar surface area (TPSA) is 64.1 Å². The Bertz CT molecular complexity index is 433. The zero-order valence-corrected chi connectivity index (χ0v) is 10.1. The van der Waals surface area contributed by atoms with Crippen molar-refractivity contribution in [3.8, 4) is 0 Å². The van der Waals surface area contributed by atoms with Crippen LogP contribution in [0.4, 0.5) is 6.01 Å². The van der Waals surface area contributed by atoms with Crippen molar-refractivity contribution >= 4 is 17.1 Å². The van der Waals surface area contributed by atoms with E-state index in [1.807, 2.05) is 24.3 Å². The smallest absolute Gasteiger partial charge is 0.295 e. The van der Waals surface area contributed by atoms with Crippen molar-refractivity contribution in [2.24, 2.45) is 11.7 Å². The fourth-order valence-corrected chi connectivity index (χ4v) is 1.87. The molecular formula is C13H19N3O. The van der Waals surface area contributed by atoms with Crippen molar-refractivity contribution in [2.45, 2.75) is 19.8 Å². The van der Waals surface area contributed by atoms with Gasteiger partial charge in [0.15, 0.2) is 5.58 Å². The Morgan fingerprint density at radius 2 is 2.24 bits per heavy atom. The van der Waals surface area contributed by atoms with Crippen molar-refractivity contribution in [3.05, 3.63) is 24.3 Å². The molecule has 0 aliphatic heterocycles. The van der Waals surface area contributed by atoms with Gasteiger partial charge in [-0.3, -0.25) is 0 Å². The number of anilines is 1. The second-order valence-corrected chi connectivity index (χ2v) is 4.22. The van der Waals surface area contributed by atoms with Gasteiger partial charge in [-0.2, -0.15) is 4.98 Å². The van der Waals surface area contributed by atoms with Crippen molar-refractivity contribution in [3.63, 3.8) is 0 Å². The molecule has 92 valence electrons. The fraction of sp³-hybridized carbons (Fsp3) is 0.462. The highest BCUT2D eigenvalue weighted by Gasteiger charge is 2.08. The number of fused-ring (bicyclic) bond motifs is 1. The summed E-state index contributed by atoms with van der Waals surface area (Å²) in [4.78, 5) is 4.37. The van der Waals surface area contributed by atoms with Gasteiger partial charge >= 0.3 is 0 Å². The Hall–Kier alpha value is -1.55. The van der Waals surface area contributed by atoms with Crippen LogP contribution in [0.25, 0.3) is 11.1 Å². The maximum atomic E-state index is 5.59. The summed E-state index contributed by atoms with van der Waals surface area (Å²) in [6.07, 6.45) is 2.15. The van der Waals surface area contributed by atoms with Crippen LogP contribution in [0, 0.1) is 5.92 Å². The molecule has 17 heavy (non-hydrogen) atoms. The molecule has 4 heteroatoms. The third-order valence-electron chi connectivity index (χ3n) is 2.99. The average Bonchev–Trinajstić information content (AvgIpc) is 2.77. The van der Waals surface area contributed by atoms with Crippen LogP contribution >= 0.6 is 0 Å². The third kappa shape index (κ3) is 2.97. The number of nitrogens with one attached hydrogen (secondary N) is 1. The minimum atomic E-state index is 0.579. The van der Waals surface area contributed by atoms with Gasteiger partial charge in [-0.1, -0.05) is 25.5 Å². The number of nitrogens with two attached hydrogens (primary N) is 1. The van der Waals surface area contributed by atoms with E-state index in [9.17, 15) is 0 Å². The molecule has 0 bridgehead atoms. The van der Waals surface area contributed by atoms with Crippen LogP contribution in [-0.4, -0.2) is 18.1 Å². The molecule has 1 aromatic carbocycles. The maximum absolute atomic E-state index is 5.59. The lowest BCUT2D eigenvalue weighted by molar-refractivity contribution is 0.492. The van der Waals surface area contributed by atoms with E-state index < -0.39 is 0 Å². The van der Waals surface area contributed by atoms with Gasteiger partial charge in [0.2, 0.25) is 0 Å². The molecule has 1 heterocycles. The first-order valence-electron chi connectivity index (χ1n) is 6.13. The first-order valence-corrected chi connectivity index (χ1v) is 6.13. The normalized spacial score (nSPS) is 12.8. The molecule has 1 aromatic heterocycles. The molecule has 0 saturated carbocycles. The van der Waals surface area contributed by atoms with Gasteiger partial charge in [0.1, 0.15) is 5.52 Å². The van der Waals surface area contributed by atoms with Crippen molar-refractivity contribution in [2.75, 3.05) is 18.4 Å². The maximum Gasteiger partial charge on any atom is 0.295 e. The predicted molar refractivity (Wildman–Crippen MR) is 70.0 cm³/mol.